The first kappa shape index (κ1) is 15.5. The third-order valence-electron chi connectivity index (χ3n) is 4.00. The molecule has 1 aliphatic heterocycles. The van der Waals surface area contributed by atoms with Crippen LogP contribution in [0, 0.1) is 0 Å². The molecule has 2 rings (SSSR count). The summed E-state index contributed by atoms with van der Waals surface area (Å²) in [6.07, 6.45) is 2.78. The van der Waals surface area contributed by atoms with Gasteiger partial charge in [0, 0.05) is 13.0 Å². The molecule has 1 aliphatic rings. The zero-order chi connectivity index (χ0) is 15.4. The molecule has 2 atom stereocenters. The molecular formula is C16H22N2O3. The third-order valence-corrected chi connectivity index (χ3v) is 4.00. The van der Waals surface area contributed by atoms with Gasteiger partial charge in [0.2, 0.25) is 5.91 Å². The van der Waals surface area contributed by atoms with Crippen molar-refractivity contribution in [1.29, 1.82) is 0 Å². The number of nitrogens with zero attached hydrogens (tertiary/aromatic N) is 1. The topological polar surface area (TPSA) is 83.6 Å². The maximum absolute atomic E-state index is 12.5. The molecule has 1 aromatic carbocycles. The first-order valence-corrected chi connectivity index (χ1v) is 7.40. The monoisotopic (exact) mass is 290 g/mol. The zero-order valence-corrected chi connectivity index (χ0v) is 12.3. The molecule has 0 saturated heterocycles. The Morgan fingerprint density at radius 1 is 1.38 bits per heavy atom. The lowest BCUT2D eigenvalue weighted by atomic mass is 9.93. The minimum absolute atomic E-state index is 0.259. The molecule has 0 bridgehead atoms. The Labute approximate surface area is 124 Å². The summed E-state index contributed by atoms with van der Waals surface area (Å²) in [6.45, 7) is 2.36. The molecular weight excluding hydrogens is 268 g/mol. The Balaban J connectivity index is 2.20. The molecule has 1 heterocycles. The molecule has 0 aliphatic carbocycles. The van der Waals surface area contributed by atoms with E-state index in [1.165, 1.54) is 4.90 Å². The van der Waals surface area contributed by atoms with Crippen LogP contribution in [0.2, 0.25) is 0 Å². The van der Waals surface area contributed by atoms with E-state index in [1.807, 2.05) is 31.2 Å². The lowest BCUT2D eigenvalue weighted by molar-refractivity contribution is -0.152. The number of carbonyl (C=O) groups excluding carboxylic acids is 1. The van der Waals surface area contributed by atoms with Gasteiger partial charge in [0.15, 0.2) is 0 Å². The summed E-state index contributed by atoms with van der Waals surface area (Å²) in [6, 6.07) is 6.22. The van der Waals surface area contributed by atoms with E-state index >= 15 is 0 Å². The SMILES string of the molecule is CCCCC(N)C(=O)N1Cc2ccccc2C[C@H]1C(=O)O. The van der Waals surface area contributed by atoms with Crippen molar-refractivity contribution in [3.8, 4) is 0 Å². The Morgan fingerprint density at radius 3 is 2.67 bits per heavy atom. The lowest BCUT2D eigenvalue weighted by Gasteiger charge is -2.36. The minimum Gasteiger partial charge on any atom is -0.480 e. The van der Waals surface area contributed by atoms with E-state index in [9.17, 15) is 14.7 Å². The van der Waals surface area contributed by atoms with Crippen LogP contribution in [0.4, 0.5) is 0 Å². The molecule has 0 fully saturated rings. The van der Waals surface area contributed by atoms with Crippen LogP contribution in [-0.4, -0.2) is 34.0 Å². The smallest absolute Gasteiger partial charge is 0.326 e. The van der Waals surface area contributed by atoms with Crippen molar-refractivity contribution in [3.63, 3.8) is 0 Å². The number of hydrogen-bond acceptors (Lipinski definition) is 3. The Kier molecular flexibility index (Phi) is 4.96. The molecule has 5 nitrogen and oxygen atoms in total. The van der Waals surface area contributed by atoms with Gasteiger partial charge >= 0.3 is 5.97 Å². The van der Waals surface area contributed by atoms with Gasteiger partial charge in [-0.2, -0.15) is 0 Å². The van der Waals surface area contributed by atoms with Crippen LogP contribution in [0.5, 0.6) is 0 Å². The first-order valence-electron chi connectivity index (χ1n) is 7.40. The largest absolute Gasteiger partial charge is 0.480 e. The number of carboxylic acid groups (broad SMARTS) is 1. The van der Waals surface area contributed by atoms with E-state index in [-0.39, 0.29) is 5.91 Å². The number of amides is 1. The van der Waals surface area contributed by atoms with E-state index in [1.54, 1.807) is 0 Å². The number of carboxylic acids is 1. The highest BCUT2D eigenvalue weighted by Gasteiger charge is 2.36. The standard InChI is InChI=1S/C16H22N2O3/c1-2-3-8-13(17)15(19)18-10-12-7-5-4-6-11(12)9-14(18)16(20)21/h4-7,13-14H,2-3,8-10,17H2,1H3,(H,20,21)/t13?,14-/m0/s1. The van der Waals surface area contributed by atoms with Crippen molar-refractivity contribution in [1.82, 2.24) is 4.90 Å². The number of rotatable bonds is 5. The highest BCUT2D eigenvalue weighted by atomic mass is 16.4. The number of benzene rings is 1. The quantitative estimate of drug-likeness (QED) is 0.861. The molecule has 21 heavy (non-hydrogen) atoms. The van der Waals surface area contributed by atoms with Crippen molar-refractivity contribution < 1.29 is 14.7 Å². The first-order chi connectivity index (χ1) is 10.0. The Bertz CT molecular complexity index is 530. The molecule has 0 saturated carbocycles. The summed E-state index contributed by atoms with van der Waals surface area (Å²) in [5.41, 5.74) is 7.93. The predicted octanol–water partition coefficient (Wildman–Crippen LogP) is 1.54. The number of nitrogens with two attached hydrogens (primary N) is 1. The Hall–Kier alpha value is -1.88. The van der Waals surface area contributed by atoms with Crippen LogP contribution < -0.4 is 5.73 Å². The predicted molar refractivity (Wildman–Crippen MR) is 79.6 cm³/mol. The molecule has 0 radical (unpaired) electrons. The van der Waals surface area contributed by atoms with Crippen molar-refractivity contribution >= 4 is 11.9 Å². The van der Waals surface area contributed by atoms with E-state index in [2.05, 4.69) is 0 Å². The van der Waals surface area contributed by atoms with E-state index in [0.717, 1.165) is 24.0 Å². The minimum atomic E-state index is -0.972. The Morgan fingerprint density at radius 2 is 2.05 bits per heavy atom. The van der Waals surface area contributed by atoms with Gasteiger partial charge < -0.3 is 15.7 Å². The van der Waals surface area contributed by atoms with E-state index < -0.39 is 18.1 Å². The summed E-state index contributed by atoms with van der Waals surface area (Å²) >= 11 is 0. The molecule has 0 aromatic heterocycles. The second-order valence-corrected chi connectivity index (χ2v) is 5.54. The van der Waals surface area contributed by atoms with Gasteiger partial charge in [-0.05, 0) is 17.5 Å². The van der Waals surface area contributed by atoms with Crippen molar-refractivity contribution in [3.05, 3.63) is 35.4 Å². The number of carbonyl (C=O) groups is 2. The normalized spacial score (nSPS) is 19.0. The summed E-state index contributed by atoms with van der Waals surface area (Å²) in [5, 5.41) is 9.41. The second kappa shape index (κ2) is 6.72. The van der Waals surface area contributed by atoms with Crippen molar-refractivity contribution in [2.75, 3.05) is 0 Å². The van der Waals surface area contributed by atoms with Crippen LogP contribution in [0.3, 0.4) is 0 Å². The zero-order valence-electron chi connectivity index (χ0n) is 12.3. The van der Waals surface area contributed by atoms with Crippen molar-refractivity contribution in [2.45, 2.75) is 51.2 Å². The third kappa shape index (κ3) is 3.42. The highest BCUT2D eigenvalue weighted by Crippen LogP contribution is 2.24. The molecule has 5 heteroatoms. The van der Waals surface area contributed by atoms with Gasteiger partial charge in [-0.3, -0.25) is 4.79 Å². The van der Waals surface area contributed by atoms with Gasteiger partial charge in [-0.15, -0.1) is 0 Å². The number of fused-ring (bicyclic) bond motifs is 1. The van der Waals surface area contributed by atoms with Gasteiger partial charge in [0.05, 0.1) is 6.04 Å². The number of hydrogen-bond donors (Lipinski definition) is 2. The van der Waals surface area contributed by atoms with Crippen LogP contribution in [0.15, 0.2) is 24.3 Å². The lowest BCUT2D eigenvalue weighted by Crippen LogP contribution is -2.53. The summed E-state index contributed by atoms with van der Waals surface area (Å²) < 4.78 is 0. The van der Waals surface area contributed by atoms with Crippen LogP contribution in [-0.2, 0) is 22.6 Å². The molecule has 3 N–H and O–H groups in total. The van der Waals surface area contributed by atoms with Crippen molar-refractivity contribution in [2.24, 2.45) is 5.73 Å². The maximum Gasteiger partial charge on any atom is 0.326 e. The fourth-order valence-electron chi connectivity index (χ4n) is 2.74. The average molecular weight is 290 g/mol. The number of unbranched alkanes of at least 4 members (excludes halogenated alkanes) is 1. The maximum atomic E-state index is 12.5. The molecule has 1 aromatic rings. The van der Waals surface area contributed by atoms with Crippen LogP contribution >= 0.6 is 0 Å². The molecule has 1 unspecified atom stereocenters. The van der Waals surface area contributed by atoms with E-state index in [4.69, 9.17) is 5.73 Å². The highest BCUT2D eigenvalue weighted by molar-refractivity contribution is 5.87. The summed E-state index contributed by atoms with van der Waals surface area (Å²) in [5.74, 6) is -1.23. The molecule has 114 valence electrons. The van der Waals surface area contributed by atoms with Crippen LogP contribution in [0.25, 0.3) is 0 Å². The fraction of sp³-hybridized carbons (Fsp3) is 0.500. The van der Waals surface area contributed by atoms with E-state index in [0.29, 0.717) is 19.4 Å². The van der Waals surface area contributed by atoms with Crippen LogP contribution in [0.1, 0.15) is 37.3 Å². The molecule has 0 spiro atoms. The van der Waals surface area contributed by atoms with Gasteiger partial charge in [-0.25, -0.2) is 4.79 Å². The number of aliphatic carboxylic acids is 1. The van der Waals surface area contributed by atoms with Gasteiger partial charge in [0.25, 0.3) is 0 Å². The summed E-state index contributed by atoms with van der Waals surface area (Å²) in [4.78, 5) is 25.4. The second-order valence-electron chi connectivity index (χ2n) is 5.54. The molecule has 1 amide bonds. The average Bonchev–Trinajstić information content (AvgIpc) is 2.50. The summed E-state index contributed by atoms with van der Waals surface area (Å²) in [7, 11) is 0. The van der Waals surface area contributed by atoms with Gasteiger partial charge in [0.1, 0.15) is 6.04 Å². The fourth-order valence-corrected chi connectivity index (χ4v) is 2.74. The van der Waals surface area contributed by atoms with Gasteiger partial charge in [-0.1, -0.05) is 44.0 Å².